The van der Waals surface area contributed by atoms with Gasteiger partial charge in [0.05, 0.1) is 19.8 Å². The predicted molar refractivity (Wildman–Crippen MR) is 44.9 cm³/mol. The fourth-order valence-corrected chi connectivity index (χ4v) is 0.978. The molecule has 76 valence electrons. The van der Waals surface area contributed by atoms with Crippen LogP contribution in [0.3, 0.4) is 0 Å². The Hall–Kier alpha value is -0.650. The van der Waals surface area contributed by atoms with E-state index in [1.807, 2.05) is 0 Å². The normalized spacial score (nSPS) is 17.2. The molecular formula is C8H15NO4. The average Bonchev–Trinajstić information content (AvgIpc) is 2.97. The van der Waals surface area contributed by atoms with E-state index in [4.69, 9.17) is 15.3 Å². The quantitative estimate of drug-likeness (QED) is 0.412. The number of amides is 1. The number of hydrogen-bond acceptors (Lipinski definition) is 4. The Morgan fingerprint density at radius 1 is 1.23 bits per heavy atom. The third-order valence-corrected chi connectivity index (χ3v) is 2.24. The van der Waals surface area contributed by atoms with Crippen LogP contribution in [0.1, 0.15) is 12.8 Å². The molecule has 0 bridgehead atoms. The van der Waals surface area contributed by atoms with E-state index in [1.165, 1.54) is 0 Å². The monoisotopic (exact) mass is 189 g/mol. The van der Waals surface area contributed by atoms with Crippen LogP contribution >= 0.6 is 0 Å². The van der Waals surface area contributed by atoms with Gasteiger partial charge in [0, 0.05) is 5.92 Å². The zero-order valence-electron chi connectivity index (χ0n) is 7.36. The van der Waals surface area contributed by atoms with Gasteiger partial charge in [0.1, 0.15) is 5.54 Å². The molecule has 1 fully saturated rings. The van der Waals surface area contributed by atoms with Gasteiger partial charge >= 0.3 is 0 Å². The van der Waals surface area contributed by atoms with Crippen LogP contribution in [0.15, 0.2) is 0 Å². The first-order valence-electron chi connectivity index (χ1n) is 4.32. The van der Waals surface area contributed by atoms with Gasteiger partial charge in [-0.2, -0.15) is 0 Å². The van der Waals surface area contributed by atoms with Crippen molar-refractivity contribution in [3.63, 3.8) is 0 Å². The Kier molecular flexibility index (Phi) is 3.24. The Morgan fingerprint density at radius 2 is 1.69 bits per heavy atom. The number of aliphatic hydroxyl groups is 3. The molecule has 0 aliphatic heterocycles. The van der Waals surface area contributed by atoms with Gasteiger partial charge in [-0.05, 0) is 12.8 Å². The molecule has 1 aliphatic carbocycles. The Balaban J connectivity index is 2.49. The van der Waals surface area contributed by atoms with Crippen molar-refractivity contribution in [2.75, 3.05) is 19.8 Å². The highest BCUT2D eigenvalue weighted by Gasteiger charge is 2.36. The lowest BCUT2D eigenvalue weighted by Crippen LogP contribution is -2.57. The topological polar surface area (TPSA) is 89.8 Å². The van der Waals surface area contributed by atoms with E-state index in [0.29, 0.717) is 0 Å². The molecule has 1 amide bonds. The Morgan fingerprint density at radius 3 is 2.00 bits per heavy atom. The van der Waals surface area contributed by atoms with E-state index in [-0.39, 0.29) is 11.8 Å². The maximum atomic E-state index is 11.3. The lowest BCUT2D eigenvalue weighted by atomic mass is 10.0. The number of rotatable bonds is 5. The second kappa shape index (κ2) is 4.04. The van der Waals surface area contributed by atoms with Crippen molar-refractivity contribution >= 4 is 5.91 Å². The summed E-state index contributed by atoms with van der Waals surface area (Å²) < 4.78 is 0. The highest BCUT2D eigenvalue weighted by atomic mass is 16.3. The van der Waals surface area contributed by atoms with Gasteiger partial charge in [0.25, 0.3) is 0 Å². The van der Waals surface area contributed by atoms with Gasteiger partial charge in [-0.3, -0.25) is 4.79 Å². The summed E-state index contributed by atoms with van der Waals surface area (Å²) in [4.78, 5) is 11.3. The van der Waals surface area contributed by atoms with Crippen LogP contribution in [0.5, 0.6) is 0 Å². The summed E-state index contributed by atoms with van der Waals surface area (Å²) in [6.45, 7) is -1.38. The maximum absolute atomic E-state index is 11.3. The second-order valence-electron chi connectivity index (χ2n) is 3.52. The summed E-state index contributed by atoms with van der Waals surface area (Å²) >= 11 is 0. The van der Waals surface area contributed by atoms with Crippen molar-refractivity contribution in [1.82, 2.24) is 5.32 Å². The largest absolute Gasteiger partial charge is 0.394 e. The van der Waals surface area contributed by atoms with Crippen molar-refractivity contribution in [1.29, 1.82) is 0 Å². The fourth-order valence-electron chi connectivity index (χ4n) is 0.978. The summed E-state index contributed by atoms with van der Waals surface area (Å²) in [5.74, 6) is -0.193. The van der Waals surface area contributed by atoms with E-state index in [2.05, 4.69) is 5.32 Å². The minimum atomic E-state index is -1.26. The first-order valence-corrected chi connectivity index (χ1v) is 4.32. The summed E-state index contributed by atoms with van der Waals surface area (Å²) in [7, 11) is 0. The van der Waals surface area contributed by atoms with Crippen molar-refractivity contribution in [2.45, 2.75) is 18.4 Å². The Labute approximate surface area is 76.4 Å². The Bertz CT molecular complexity index is 178. The zero-order chi connectivity index (χ0) is 9.90. The molecule has 0 aromatic heterocycles. The number of aliphatic hydroxyl groups excluding tert-OH is 3. The second-order valence-corrected chi connectivity index (χ2v) is 3.52. The number of carbonyl (C=O) groups excluding carboxylic acids is 1. The molecule has 4 N–H and O–H groups in total. The molecule has 0 aromatic carbocycles. The van der Waals surface area contributed by atoms with Crippen LogP contribution in [-0.4, -0.2) is 46.6 Å². The molecule has 5 nitrogen and oxygen atoms in total. The SMILES string of the molecule is O=C(NC(CO)(CO)CO)C1CC1. The fraction of sp³-hybridized carbons (Fsp3) is 0.875. The standard InChI is InChI=1S/C8H15NO4/c10-3-8(4-11,5-12)9-7(13)6-1-2-6/h6,10-12H,1-5H2,(H,9,13). The van der Waals surface area contributed by atoms with Crippen LogP contribution < -0.4 is 5.32 Å². The average molecular weight is 189 g/mol. The van der Waals surface area contributed by atoms with E-state index >= 15 is 0 Å². The molecule has 1 rings (SSSR count). The lowest BCUT2D eigenvalue weighted by Gasteiger charge is -2.28. The van der Waals surface area contributed by atoms with Crippen molar-refractivity contribution in [2.24, 2.45) is 5.92 Å². The smallest absolute Gasteiger partial charge is 0.223 e. The number of hydrogen-bond donors (Lipinski definition) is 4. The minimum Gasteiger partial charge on any atom is -0.394 e. The highest BCUT2D eigenvalue weighted by Crippen LogP contribution is 2.29. The van der Waals surface area contributed by atoms with Crippen LogP contribution in [0.25, 0.3) is 0 Å². The van der Waals surface area contributed by atoms with Gasteiger partial charge in [0.2, 0.25) is 5.91 Å². The minimum absolute atomic E-state index is 0.00373. The third-order valence-electron chi connectivity index (χ3n) is 2.24. The van der Waals surface area contributed by atoms with Crippen LogP contribution in [0.4, 0.5) is 0 Å². The van der Waals surface area contributed by atoms with E-state index in [0.717, 1.165) is 12.8 Å². The number of nitrogens with one attached hydrogen (secondary N) is 1. The van der Waals surface area contributed by atoms with Crippen LogP contribution in [-0.2, 0) is 4.79 Å². The van der Waals surface area contributed by atoms with Crippen LogP contribution in [0, 0.1) is 5.92 Å². The molecule has 1 aliphatic rings. The van der Waals surface area contributed by atoms with Crippen molar-refractivity contribution < 1.29 is 20.1 Å². The van der Waals surface area contributed by atoms with E-state index < -0.39 is 25.4 Å². The molecule has 1 saturated carbocycles. The molecule has 5 heteroatoms. The zero-order valence-corrected chi connectivity index (χ0v) is 7.36. The molecule has 13 heavy (non-hydrogen) atoms. The first-order chi connectivity index (χ1) is 6.17. The summed E-state index contributed by atoms with van der Waals surface area (Å²) in [5.41, 5.74) is -1.26. The molecule has 0 aromatic rings. The molecular weight excluding hydrogens is 174 g/mol. The van der Waals surface area contributed by atoms with Gasteiger partial charge < -0.3 is 20.6 Å². The van der Waals surface area contributed by atoms with Gasteiger partial charge in [-0.1, -0.05) is 0 Å². The molecule has 0 atom stereocenters. The predicted octanol–water partition coefficient (Wildman–Crippen LogP) is -1.77. The van der Waals surface area contributed by atoms with Crippen molar-refractivity contribution in [3.8, 4) is 0 Å². The van der Waals surface area contributed by atoms with Gasteiger partial charge in [-0.15, -0.1) is 0 Å². The van der Waals surface area contributed by atoms with E-state index in [1.54, 1.807) is 0 Å². The highest BCUT2D eigenvalue weighted by molar-refractivity contribution is 5.81. The van der Waals surface area contributed by atoms with E-state index in [9.17, 15) is 4.79 Å². The van der Waals surface area contributed by atoms with Gasteiger partial charge in [0.15, 0.2) is 0 Å². The molecule has 0 saturated heterocycles. The number of carbonyl (C=O) groups is 1. The molecule has 0 heterocycles. The third kappa shape index (κ3) is 2.40. The summed E-state index contributed by atoms with van der Waals surface area (Å²) in [6.07, 6.45) is 1.70. The molecule has 0 spiro atoms. The molecule has 0 unspecified atom stereocenters. The first kappa shape index (κ1) is 10.4. The summed E-state index contributed by atoms with van der Waals surface area (Å²) in [5, 5.41) is 29.1. The van der Waals surface area contributed by atoms with Crippen LogP contribution in [0.2, 0.25) is 0 Å². The van der Waals surface area contributed by atoms with Crippen molar-refractivity contribution in [3.05, 3.63) is 0 Å². The van der Waals surface area contributed by atoms with Gasteiger partial charge in [-0.25, -0.2) is 0 Å². The maximum Gasteiger partial charge on any atom is 0.223 e. The molecule has 0 radical (unpaired) electrons. The summed E-state index contributed by atoms with van der Waals surface area (Å²) in [6, 6.07) is 0. The lowest BCUT2D eigenvalue weighted by molar-refractivity contribution is -0.126.